The summed E-state index contributed by atoms with van der Waals surface area (Å²) < 4.78 is 23.0. The lowest BCUT2D eigenvalue weighted by molar-refractivity contribution is 0.598. The molecule has 96 valence electrons. The predicted octanol–water partition coefficient (Wildman–Crippen LogP) is 1.13. The van der Waals surface area contributed by atoms with E-state index in [4.69, 9.17) is 0 Å². The average Bonchev–Trinajstić information content (AvgIpc) is 2.18. The molecule has 1 heterocycles. The van der Waals surface area contributed by atoms with E-state index in [1.165, 1.54) is 6.26 Å². The van der Waals surface area contributed by atoms with Crippen LogP contribution in [0, 0.1) is 0 Å². The van der Waals surface area contributed by atoms with Crippen LogP contribution in [0.3, 0.4) is 0 Å². The molecule has 8 heteroatoms. The van der Waals surface area contributed by atoms with Gasteiger partial charge in [0.1, 0.15) is 15.7 Å². The normalized spacial score (nSPS) is 13.2. The van der Waals surface area contributed by atoms with E-state index < -0.39 is 9.84 Å². The Morgan fingerprint density at radius 2 is 2.18 bits per heavy atom. The summed E-state index contributed by atoms with van der Waals surface area (Å²) in [5, 5.41) is 5.84. The molecule has 0 saturated carbocycles. The maximum Gasteiger partial charge on any atom is 0.224 e. The van der Waals surface area contributed by atoms with Gasteiger partial charge in [-0.25, -0.2) is 13.4 Å². The fourth-order valence-corrected chi connectivity index (χ4v) is 2.62. The number of rotatable bonds is 5. The third-order valence-electron chi connectivity index (χ3n) is 1.90. The van der Waals surface area contributed by atoms with E-state index in [1.807, 2.05) is 0 Å². The Morgan fingerprint density at radius 3 is 2.71 bits per heavy atom. The minimum atomic E-state index is -3.01. The van der Waals surface area contributed by atoms with Crippen LogP contribution in [0.1, 0.15) is 6.92 Å². The fourth-order valence-electron chi connectivity index (χ4n) is 1.32. The van der Waals surface area contributed by atoms with Crippen molar-refractivity contribution in [2.45, 2.75) is 13.0 Å². The highest BCUT2D eigenvalue weighted by molar-refractivity contribution is 9.10. The SMILES string of the molecule is CNc1ncc(Br)c(NC(C)CS(C)(=O)=O)n1. The minimum Gasteiger partial charge on any atom is -0.365 e. The summed E-state index contributed by atoms with van der Waals surface area (Å²) in [5.74, 6) is 1.10. The first-order chi connectivity index (χ1) is 7.81. The van der Waals surface area contributed by atoms with Crippen LogP contribution >= 0.6 is 15.9 Å². The van der Waals surface area contributed by atoms with Crippen molar-refractivity contribution in [3.05, 3.63) is 10.7 Å². The van der Waals surface area contributed by atoms with Crippen molar-refractivity contribution in [3.8, 4) is 0 Å². The van der Waals surface area contributed by atoms with Gasteiger partial charge < -0.3 is 10.6 Å². The van der Waals surface area contributed by atoms with Crippen LogP contribution in [0.15, 0.2) is 10.7 Å². The molecule has 1 rings (SSSR count). The predicted molar refractivity (Wildman–Crippen MR) is 72.1 cm³/mol. The van der Waals surface area contributed by atoms with Gasteiger partial charge in [0.2, 0.25) is 5.95 Å². The summed E-state index contributed by atoms with van der Waals surface area (Å²) >= 11 is 3.30. The molecule has 1 atom stereocenters. The number of anilines is 2. The van der Waals surface area contributed by atoms with E-state index in [0.717, 1.165) is 0 Å². The van der Waals surface area contributed by atoms with E-state index in [-0.39, 0.29) is 11.8 Å². The fraction of sp³-hybridized carbons (Fsp3) is 0.556. The lowest BCUT2D eigenvalue weighted by Gasteiger charge is -2.14. The summed E-state index contributed by atoms with van der Waals surface area (Å²) in [6.07, 6.45) is 2.81. The molecule has 1 aromatic rings. The lowest BCUT2D eigenvalue weighted by atomic mass is 10.4. The monoisotopic (exact) mass is 322 g/mol. The Kier molecular flexibility index (Phi) is 4.70. The topological polar surface area (TPSA) is 84.0 Å². The van der Waals surface area contributed by atoms with Crippen molar-refractivity contribution >= 4 is 37.5 Å². The second-order valence-electron chi connectivity index (χ2n) is 3.78. The van der Waals surface area contributed by atoms with Gasteiger partial charge in [-0.1, -0.05) is 0 Å². The first kappa shape index (κ1) is 14.2. The molecule has 0 spiro atoms. The van der Waals surface area contributed by atoms with Crippen molar-refractivity contribution in [3.63, 3.8) is 0 Å². The Bertz CT molecular complexity index is 492. The molecule has 0 aliphatic carbocycles. The van der Waals surface area contributed by atoms with Crippen LogP contribution < -0.4 is 10.6 Å². The molecule has 2 N–H and O–H groups in total. The largest absolute Gasteiger partial charge is 0.365 e. The van der Waals surface area contributed by atoms with E-state index in [1.54, 1.807) is 20.2 Å². The van der Waals surface area contributed by atoms with Crippen LogP contribution in [-0.4, -0.2) is 43.5 Å². The summed E-state index contributed by atoms with van der Waals surface area (Å²) in [7, 11) is -1.29. The van der Waals surface area contributed by atoms with Gasteiger partial charge in [0, 0.05) is 25.5 Å². The number of hydrogen-bond acceptors (Lipinski definition) is 6. The highest BCUT2D eigenvalue weighted by Gasteiger charge is 2.13. The third-order valence-corrected chi connectivity index (χ3v) is 3.59. The number of sulfone groups is 1. The van der Waals surface area contributed by atoms with E-state index >= 15 is 0 Å². The maximum atomic E-state index is 11.1. The first-order valence-electron chi connectivity index (χ1n) is 4.96. The molecule has 0 bridgehead atoms. The Hall–Kier alpha value is -0.890. The minimum absolute atomic E-state index is 0.0539. The molecule has 0 aliphatic heterocycles. The Balaban J connectivity index is 2.80. The number of nitrogens with one attached hydrogen (secondary N) is 2. The zero-order valence-electron chi connectivity index (χ0n) is 9.86. The van der Waals surface area contributed by atoms with E-state index in [9.17, 15) is 8.42 Å². The average molecular weight is 323 g/mol. The van der Waals surface area contributed by atoms with Crippen LogP contribution in [0.25, 0.3) is 0 Å². The van der Waals surface area contributed by atoms with Crippen LogP contribution in [0.2, 0.25) is 0 Å². The third kappa shape index (κ3) is 4.86. The van der Waals surface area contributed by atoms with Gasteiger partial charge in [-0.15, -0.1) is 0 Å². The van der Waals surface area contributed by atoms with Gasteiger partial charge in [-0.2, -0.15) is 4.98 Å². The Labute approximate surface area is 109 Å². The molecule has 0 aromatic carbocycles. The first-order valence-corrected chi connectivity index (χ1v) is 7.81. The summed E-state index contributed by atoms with van der Waals surface area (Å²) in [6.45, 7) is 1.79. The molecular weight excluding hydrogens is 308 g/mol. The van der Waals surface area contributed by atoms with Gasteiger partial charge in [-0.05, 0) is 22.9 Å². The lowest BCUT2D eigenvalue weighted by Crippen LogP contribution is -2.25. The molecule has 0 fully saturated rings. The highest BCUT2D eigenvalue weighted by atomic mass is 79.9. The van der Waals surface area contributed by atoms with Gasteiger partial charge in [-0.3, -0.25) is 0 Å². The maximum absolute atomic E-state index is 11.1. The highest BCUT2D eigenvalue weighted by Crippen LogP contribution is 2.20. The molecular formula is C9H15BrN4O2S. The Morgan fingerprint density at radius 1 is 1.53 bits per heavy atom. The van der Waals surface area contributed by atoms with Gasteiger partial charge in [0.15, 0.2) is 0 Å². The number of nitrogens with zero attached hydrogens (tertiary/aromatic N) is 2. The van der Waals surface area contributed by atoms with Crippen LogP contribution in [-0.2, 0) is 9.84 Å². The smallest absolute Gasteiger partial charge is 0.224 e. The number of halogens is 1. The van der Waals surface area contributed by atoms with Gasteiger partial charge in [0.25, 0.3) is 0 Å². The van der Waals surface area contributed by atoms with Crippen molar-refractivity contribution in [1.82, 2.24) is 9.97 Å². The molecule has 0 amide bonds. The summed E-state index contributed by atoms with van der Waals surface area (Å²) in [4.78, 5) is 8.20. The quantitative estimate of drug-likeness (QED) is 0.845. The number of aromatic nitrogens is 2. The molecule has 0 radical (unpaired) electrons. The van der Waals surface area contributed by atoms with Crippen molar-refractivity contribution in [2.75, 3.05) is 29.7 Å². The summed E-state index contributed by atoms with van der Waals surface area (Å²) in [5.41, 5.74) is 0. The van der Waals surface area contributed by atoms with Crippen molar-refractivity contribution in [2.24, 2.45) is 0 Å². The second-order valence-corrected chi connectivity index (χ2v) is 6.82. The second kappa shape index (κ2) is 5.63. The van der Waals surface area contributed by atoms with Crippen LogP contribution in [0.5, 0.6) is 0 Å². The van der Waals surface area contributed by atoms with Crippen molar-refractivity contribution < 1.29 is 8.42 Å². The van der Waals surface area contributed by atoms with Gasteiger partial charge in [0.05, 0.1) is 10.2 Å². The van der Waals surface area contributed by atoms with E-state index in [2.05, 4.69) is 36.5 Å². The van der Waals surface area contributed by atoms with Crippen molar-refractivity contribution in [1.29, 1.82) is 0 Å². The molecule has 0 saturated heterocycles. The standard InChI is InChI=1S/C9H15BrN4O2S/c1-6(5-17(3,15)16)13-8-7(10)4-12-9(11-2)14-8/h4,6H,5H2,1-3H3,(H2,11,12,13,14). The zero-order chi connectivity index (χ0) is 13.1. The molecule has 1 aromatic heterocycles. The molecule has 17 heavy (non-hydrogen) atoms. The van der Waals surface area contributed by atoms with Gasteiger partial charge >= 0.3 is 0 Å². The molecule has 0 aliphatic rings. The van der Waals surface area contributed by atoms with Crippen LogP contribution in [0.4, 0.5) is 11.8 Å². The zero-order valence-corrected chi connectivity index (χ0v) is 12.3. The molecule has 1 unspecified atom stereocenters. The van der Waals surface area contributed by atoms with E-state index in [0.29, 0.717) is 16.2 Å². The summed E-state index contributed by atoms with van der Waals surface area (Å²) in [6, 6.07) is -0.221. The number of hydrogen-bond donors (Lipinski definition) is 2. The molecule has 6 nitrogen and oxygen atoms in total.